The van der Waals surface area contributed by atoms with Gasteiger partial charge in [0.1, 0.15) is 0 Å². The molecule has 0 aromatic heterocycles. The Balaban J connectivity index is 0.00000320. The van der Waals surface area contributed by atoms with E-state index in [1.54, 1.807) is 12.5 Å². The minimum Gasteiger partial charge on any atom is -0.450 e. The fourth-order valence-electron chi connectivity index (χ4n) is 5.00. The molecule has 1 aliphatic heterocycles. The van der Waals surface area contributed by atoms with Crippen LogP contribution in [-0.4, -0.2) is 37.2 Å². The predicted octanol–water partition coefficient (Wildman–Crippen LogP) is 7.77. The van der Waals surface area contributed by atoms with E-state index in [0.717, 1.165) is 43.7 Å². The van der Waals surface area contributed by atoms with Crippen LogP contribution in [0.15, 0.2) is 84.4 Å². The van der Waals surface area contributed by atoms with E-state index in [2.05, 4.69) is 83.1 Å². The van der Waals surface area contributed by atoms with Crippen LogP contribution in [0.1, 0.15) is 47.6 Å². The number of hydrogen-bond donors (Lipinski definition) is 1. The van der Waals surface area contributed by atoms with Crippen molar-refractivity contribution in [3.8, 4) is 0 Å². The SMILES string of the molecule is CCOC(=O)Nc1ccc(/C=C/CN2CCC(=C3c4ccccc4C=Cc4ccccc43)CC2)cc1.Cl. The van der Waals surface area contributed by atoms with Crippen molar-refractivity contribution in [2.75, 3.05) is 31.6 Å². The standard InChI is InChI=1S/C32H32N2O2.ClH/c1-2-36-32(35)33-28-17-13-24(14-18-28)8-7-21-34-22-19-27(20-23-34)31-29-11-5-3-9-25(29)15-16-26-10-4-6-12-30(26)31;/h3-18H,2,19-23H2,1H3,(H,33,35);1H/b8-7+;. The number of hydrogen-bond acceptors (Lipinski definition) is 3. The first-order chi connectivity index (χ1) is 17.7. The highest BCUT2D eigenvalue weighted by atomic mass is 35.5. The monoisotopic (exact) mass is 512 g/mol. The number of halogens is 1. The van der Waals surface area contributed by atoms with Gasteiger partial charge in [0.2, 0.25) is 0 Å². The van der Waals surface area contributed by atoms with Crippen LogP contribution in [0.25, 0.3) is 23.8 Å². The summed E-state index contributed by atoms with van der Waals surface area (Å²) in [6.07, 6.45) is 10.6. The number of rotatable bonds is 5. The fourth-order valence-corrected chi connectivity index (χ4v) is 5.00. The lowest BCUT2D eigenvalue weighted by molar-refractivity contribution is 0.168. The molecule has 0 saturated carbocycles. The summed E-state index contributed by atoms with van der Waals surface area (Å²) < 4.78 is 4.92. The molecule has 1 heterocycles. The van der Waals surface area contributed by atoms with Gasteiger partial charge in [-0.3, -0.25) is 10.2 Å². The van der Waals surface area contributed by atoms with Crippen molar-refractivity contribution in [1.29, 1.82) is 0 Å². The van der Waals surface area contributed by atoms with Crippen LogP contribution in [0.5, 0.6) is 0 Å². The van der Waals surface area contributed by atoms with Crippen molar-refractivity contribution in [2.45, 2.75) is 19.8 Å². The predicted molar refractivity (Wildman–Crippen MR) is 157 cm³/mol. The van der Waals surface area contributed by atoms with Crippen LogP contribution in [0.4, 0.5) is 10.5 Å². The molecule has 3 aromatic rings. The average Bonchev–Trinajstić information content (AvgIpc) is 3.07. The lowest BCUT2D eigenvalue weighted by Gasteiger charge is -2.29. The van der Waals surface area contributed by atoms with Crippen molar-refractivity contribution in [2.24, 2.45) is 0 Å². The zero-order valence-electron chi connectivity index (χ0n) is 21.2. The van der Waals surface area contributed by atoms with Crippen LogP contribution < -0.4 is 5.32 Å². The third-order valence-electron chi connectivity index (χ3n) is 6.82. The van der Waals surface area contributed by atoms with Gasteiger partial charge in [-0.25, -0.2) is 4.79 Å². The van der Waals surface area contributed by atoms with E-state index >= 15 is 0 Å². The molecule has 0 bridgehead atoms. The van der Waals surface area contributed by atoms with Crippen molar-refractivity contribution < 1.29 is 9.53 Å². The molecule has 190 valence electrons. The normalized spacial score (nSPS) is 14.9. The zero-order chi connectivity index (χ0) is 24.7. The van der Waals surface area contributed by atoms with Crippen molar-refractivity contribution >= 4 is 48.0 Å². The van der Waals surface area contributed by atoms with Gasteiger partial charge in [0.05, 0.1) is 6.61 Å². The molecule has 1 amide bonds. The average molecular weight is 513 g/mol. The molecule has 0 spiro atoms. The van der Waals surface area contributed by atoms with Gasteiger partial charge in [-0.05, 0) is 65.3 Å². The summed E-state index contributed by atoms with van der Waals surface area (Å²) in [6.45, 7) is 5.20. The highest BCUT2D eigenvalue weighted by molar-refractivity contribution is 5.95. The maximum atomic E-state index is 11.5. The molecule has 37 heavy (non-hydrogen) atoms. The first kappa shape index (κ1) is 26.5. The van der Waals surface area contributed by atoms with E-state index in [9.17, 15) is 4.79 Å². The lowest BCUT2D eigenvalue weighted by atomic mass is 9.86. The number of piperidine rings is 1. The molecule has 0 radical (unpaired) electrons. The number of nitrogens with zero attached hydrogens (tertiary/aromatic N) is 1. The molecule has 5 heteroatoms. The summed E-state index contributed by atoms with van der Waals surface area (Å²) in [5, 5.41) is 2.72. The minimum absolute atomic E-state index is 0. The number of anilines is 1. The molecular formula is C32H33ClN2O2. The summed E-state index contributed by atoms with van der Waals surface area (Å²) in [7, 11) is 0. The molecule has 5 rings (SSSR count). The van der Waals surface area contributed by atoms with Crippen LogP contribution >= 0.6 is 12.4 Å². The number of ether oxygens (including phenoxy) is 1. The van der Waals surface area contributed by atoms with Gasteiger partial charge in [0, 0.05) is 25.3 Å². The highest BCUT2D eigenvalue weighted by Gasteiger charge is 2.22. The second kappa shape index (κ2) is 12.6. The maximum Gasteiger partial charge on any atom is 0.411 e. The molecule has 1 saturated heterocycles. The van der Waals surface area contributed by atoms with Gasteiger partial charge < -0.3 is 4.74 Å². The molecule has 0 atom stereocenters. The van der Waals surface area contributed by atoms with Crippen molar-refractivity contribution in [3.05, 3.63) is 112 Å². The Kier molecular flexibility index (Phi) is 8.99. The lowest BCUT2D eigenvalue weighted by Crippen LogP contribution is -2.31. The minimum atomic E-state index is -0.424. The Morgan fingerprint density at radius 3 is 2.08 bits per heavy atom. The molecule has 0 unspecified atom stereocenters. The van der Waals surface area contributed by atoms with Crippen LogP contribution in [0, 0.1) is 0 Å². The third-order valence-corrected chi connectivity index (χ3v) is 6.82. The molecule has 3 aromatic carbocycles. The Bertz CT molecular complexity index is 1260. The van der Waals surface area contributed by atoms with E-state index in [1.807, 2.05) is 24.3 Å². The Hall–Kier alpha value is -3.60. The molecule has 1 N–H and O–H groups in total. The van der Waals surface area contributed by atoms with Crippen molar-refractivity contribution in [1.82, 2.24) is 4.90 Å². The largest absolute Gasteiger partial charge is 0.450 e. The first-order valence-electron chi connectivity index (χ1n) is 12.7. The number of nitrogens with one attached hydrogen (secondary N) is 1. The topological polar surface area (TPSA) is 41.6 Å². The fraction of sp³-hybridized carbons (Fsp3) is 0.219. The number of benzene rings is 3. The Morgan fingerprint density at radius 2 is 1.49 bits per heavy atom. The first-order valence-corrected chi connectivity index (χ1v) is 12.7. The van der Waals surface area contributed by atoms with E-state index in [-0.39, 0.29) is 12.4 Å². The number of fused-ring (bicyclic) bond motifs is 2. The van der Waals surface area contributed by atoms with Crippen LogP contribution in [-0.2, 0) is 4.74 Å². The van der Waals surface area contributed by atoms with E-state index in [4.69, 9.17) is 4.74 Å². The van der Waals surface area contributed by atoms with E-state index < -0.39 is 6.09 Å². The molecule has 1 fully saturated rings. The molecule has 1 aliphatic carbocycles. The van der Waals surface area contributed by atoms with Gasteiger partial charge in [-0.15, -0.1) is 12.4 Å². The Labute approximate surface area is 225 Å². The summed E-state index contributed by atoms with van der Waals surface area (Å²) in [5.74, 6) is 0. The van der Waals surface area contributed by atoms with E-state index in [1.165, 1.54) is 27.8 Å². The maximum absolute atomic E-state index is 11.5. The van der Waals surface area contributed by atoms with E-state index in [0.29, 0.717) is 6.61 Å². The van der Waals surface area contributed by atoms with Gasteiger partial charge in [-0.2, -0.15) is 0 Å². The highest BCUT2D eigenvalue weighted by Crippen LogP contribution is 2.38. The van der Waals surface area contributed by atoms with Gasteiger partial charge in [-0.1, -0.05) is 90.5 Å². The van der Waals surface area contributed by atoms with Gasteiger partial charge in [0.25, 0.3) is 0 Å². The molecular weight excluding hydrogens is 480 g/mol. The van der Waals surface area contributed by atoms with Gasteiger partial charge >= 0.3 is 6.09 Å². The summed E-state index contributed by atoms with van der Waals surface area (Å²) in [6, 6.07) is 25.3. The van der Waals surface area contributed by atoms with Crippen LogP contribution in [0.3, 0.4) is 0 Å². The number of carbonyl (C=O) groups excluding carboxylic acids is 1. The van der Waals surface area contributed by atoms with Crippen molar-refractivity contribution in [3.63, 3.8) is 0 Å². The summed E-state index contributed by atoms with van der Waals surface area (Å²) in [4.78, 5) is 14.1. The summed E-state index contributed by atoms with van der Waals surface area (Å²) in [5.41, 5.74) is 10.1. The quantitative estimate of drug-likeness (QED) is 0.297. The number of amides is 1. The zero-order valence-corrected chi connectivity index (χ0v) is 22.0. The second-order valence-electron chi connectivity index (χ2n) is 9.16. The van der Waals surface area contributed by atoms with Gasteiger partial charge in [0.15, 0.2) is 0 Å². The second-order valence-corrected chi connectivity index (χ2v) is 9.16. The number of likely N-dealkylation sites (tertiary alicyclic amines) is 1. The third kappa shape index (κ3) is 6.40. The Morgan fingerprint density at radius 1 is 0.892 bits per heavy atom. The molecule has 2 aliphatic rings. The smallest absolute Gasteiger partial charge is 0.411 e. The molecule has 4 nitrogen and oxygen atoms in total. The van der Waals surface area contributed by atoms with Crippen LogP contribution in [0.2, 0.25) is 0 Å². The number of carbonyl (C=O) groups is 1. The summed E-state index contributed by atoms with van der Waals surface area (Å²) >= 11 is 0.